The molecule has 0 aromatic carbocycles. The molecule has 1 aliphatic rings. The Morgan fingerprint density at radius 3 is 2.69 bits per heavy atom. The molecule has 13 heavy (non-hydrogen) atoms. The van der Waals surface area contributed by atoms with Crippen LogP contribution in [0.3, 0.4) is 0 Å². The summed E-state index contributed by atoms with van der Waals surface area (Å²) in [5, 5.41) is 0. The van der Waals surface area contributed by atoms with Gasteiger partial charge in [-0.05, 0) is 18.3 Å². The van der Waals surface area contributed by atoms with Gasteiger partial charge in [0.1, 0.15) is 0 Å². The summed E-state index contributed by atoms with van der Waals surface area (Å²) in [5.41, 5.74) is 0. The number of ether oxygens (including phenoxy) is 1. The maximum absolute atomic E-state index is 11.3. The van der Waals surface area contributed by atoms with Crippen LogP contribution in [0.15, 0.2) is 0 Å². The van der Waals surface area contributed by atoms with Crippen LogP contribution in [0.4, 0.5) is 0 Å². The standard InChI is InChI=1S/C11H20O2/c1-4-6-9-7-13-11(12)8(3)10(9)5-2/h8-10H,4-7H2,1-3H3. The van der Waals surface area contributed by atoms with Crippen LogP contribution in [-0.2, 0) is 9.53 Å². The first-order valence-corrected chi connectivity index (χ1v) is 5.37. The third-order valence-electron chi connectivity index (χ3n) is 3.19. The van der Waals surface area contributed by atoms with E-state index < -0.39 is 0 Å². The molecule has 3 atom stereocenters. The topological polar surface area (TPSA) is 26.3 Å². The number of carbonyl (C=O) groups is 1. The SMILES string of the molecule is CCCC1COC(=O)C(C)C1CC. The second-order valence-corrected chi connectivity index (χ2v) is 4.04. The normalized spacial score (nSPS) is 34.4. The van der Waals surface area contributed by atoms with Crippen LogP contribution in [0.2, 0.25) is 0 Å². The summed E-state index contributed by atoms with van der Waals surface area (Å²) in [6, 6.07) is 0. The van der Waals surface area contributed by atoms with Crippen molar-refractivity contribution >= 4 is 5.97 Å². The Labute approximate surface area is 80.7 Å². The summed E-state index contributed by atoms with van der Waals surface area (Å²) >= 11 is 0. The minimum atomic E-state index is -0.000738. The molecule has 2 heteroatoms. The van der Waals surface area contributed by atoms with Crippen LogP contribution < -0.4 is 0 Å². The Balaban J connectivity index is 2.60. The van der Waals surface area contributed by atoms with Gasteiger partial charge >= 0.3 is 5.97 Å². The molecule has 0 bridgehead atoms. The second-order valence-electron chi connectivity index (χ2n) is 4.04. The first kappa shape index (κ1) is 10.6. The molecule has 0 amide bonds. The Morgan fingerprint density at radius 1 is 1.46 bits per heavy atom. The molecule has 0 aromatic heterocycles. The third kappa shape index (κ3) is 2.23. The van der Waals surface area contributed by atoms with Crippen molar-refractivity contribution in [2.75, 3.05) is 6.61 Å². The molecule has 0 aromatic rings. The van der Waals surface area contributed by atoms with Gasteiger partial charge in [0, 0.05) is 0 Å². The number of carbonyl (C=O) groups excluding carboxylic acids is 1. The first-order chi connectivity index (χ1) is 6.20. The summed E-state index contributed by atoms with van der Waals surface area (Å²) in [6.45, 7) is 7.00. The van der Waals surface area contributed by atoms with Crippen molar-refractivity contribution in [2.45, 2.75) is 40.0 Å². The Hall–Kier alpha value is -0.530. The molecule has 2 nitrogen and oxygen atoms in total. The lowest BCUT2D eigenvalue weighted by Gasteiger charge is -2.34. The van der Waals surface area contributed by atoms with Crippen LogP contribution in [0.25, 0.3) is 0 Å². The van der Waals surface area contributed by atoms with Gasteiger partial charge in [-0.1, -0.05) is 33.6 Å². The molecule has 1 saturated heterocycles. The van der Waals surface area contributed by atoms with E-state index in [1.165, 1.54) is 12.8 Å². The van der Waals surface area contributed by atoms with Crippen molar-refractivity contribution in [2.24, 2.45) is 17.8 Å². The average Bonchev–Trinajstić information content (AvgIpc) is 2.12. The molecule has 1 heterocycles. The van der Waals surface area contributed by atoms with Crippen molar-refractivity contribution < 1.29 is 9.53 Å². The van der Waals surface area contributed by atoms with Crippen LogP contribution in [0.1, 0.15) is 40.0 Å². The summed E-state index contributed by atoms with van der Waals surface area (Å²) in [6.07, 6.45) is 3.47. The van der Waals surface area contributed by atoms with Crippen molar-refractivity contribution in [3.63, 3.8) is 0 Å². The van der Waals surface area contributed by atoms with E-state index in [0.717, 1.165) is 6.42 Å². The molecule has 0 saturated carbocycles. The minimum Gasteiger partial charge on any atom is -0.465 e. The average molecular weight is 184 g/mol. The maximum atomic E-state index is 11.3. The number of cyclic esters (lactones) is 1. The van der Waals surface area contributed by atoms with E-state index in [-0.39, 0.29) is 11.9 Å². The van der Waals surface area contributed by atoms with E-state index in [1.807, 2.05) is 6.92 Å². The molecule has 1 aliphatic heterocycles. The number of hydrogen-bond acceptors (Lipinski definition) is 2. The fourth-order valence-corrected chi connectivity index (χ4v) is 2.38. The van der Waals surface area contributed by atoms with Gasteiger partial charge in [0.2, 0.25) is 0 Å². The third-order valence-corrected chi connectivity index (χ3v) is 3.19. The van der Waals surface area contributed by atoms with Gasteiger partial charge in [0.05, 0.1) is 12.5 Å². The van der Waals surface area contributed by atoms with Gasteiger partial charge in [-0.3, -0.25) is 4.79 Å². The van der Waals surface area contributed by atoms with E-state index >= 15 is 0 Å². The van der Waals surface area contributed by atoms with Crippen LogP contribution in [0, 0.1) is 17.8 Å². The molecule has 3 unspecified atom stereocenters. The zero-order valence-electron chi connectivity index (χ0n) is 8.88. The van der Waals surface area contributed by atoms with Crippen molar-refractivity contribution in [1.82, 2.24) is 0 Å². The Kier molecular flexibility index (Phi) is 3.76. The monoisotopic (exact) mass is 184 g/mol. The van der Waals surface area contributed by atoms with Gasteiger partial charge < -0.3 is 4.74 Å². The predicted molar refractivity (Wildman–Crippen MR) is 52.3 cm³/mol. The van der Waals surface area contributed by atoms with Gasteiger partial charge in [0.15, 0.2) is 0 Å². The highest BCUT2D eigenvalue weighted by Gasteiger charge is 2.35. The highest BCUT2D eigenvalue weighted by atomic mass is 16.5. The zero-order chi connectivity index (χ0) is 9.84. The molecular weight excluding hydrogens is 164 g/mol. The smallest absolute Gasteiger partial charge is 0.308 e. The highest BCUT2D eigenvalue weighted by Crippen LogP contribution is 2.33. The highest BCUT2D eigenvalue weighted by molar-refractivity contribution is 5.73. The summed E-state index contributed by atoms with van der Waals surface area (Å²) in [7, 11) is 0. The largest absolute Gasteiger partial charge is 0.465 e. The van der Waals surface area contributed by atoms with E-state index in [9.17, 15) is 4.79 Å². The molecule has 0 spiro atoms. The van der Waals surface area contributed by atoms with Crippen molar-refractivity contribution in [3.8, 4) is 0 Å². The fraction of sp³-hybridized carbons (Fsp3) is 0.909. The molecular formula is C11H20O2. The fourth-order valence-electron chi connectivity index (χ4n) is 2.38. The van der Waals surface area contributed by atoms with E-state index in [0.29, 0.717) is 18.4 Å². The minimum absolute atomic E-state index is 0.000738. The Morgan fingerprint density at radius 2 is 2.15 bits per heavy atom. The van der Waals surface area contributed by atoms with Gasteiger partial charge in [-0.25, -0.2) is 0 Å². The van der Waals surface area contributed by atoms with Crippen molar-refractivity contribution in [3.05, 3.63) is 0 Å². The first-order valence-electron chi connectivity index (χ1n) is 5.37. The van der Waals surface area contributed by atoms with Crippen molar-refractivity contribution in [1.29, 1.82) is 0 Å². The van der Waals surface area contributed by atoms with Crippen LogP contribution >= 0.6 is 0 Å². The van der Waals surface area contributed by atoms with E-state index in [4.69, 9.17) is 4.74 Å². The molecule has 1 rings (SSSR count). The van der Waals surface area contributed by atoms with Gasteiger partial charge in [-0.2, -0.15) is 0 Å². The van der Waals surface area contributed by atoms with E-state index in [1.54, 1.807) is 0 Å². The predicted octanol–water partition coefficient (Wildman–Crippen LogP) is 2.62. The molecule has 0 radical (unpaired) electrons. The lowest BCUT2D eigenvalue weighted by Crippen LogP contribution is -2.37. The van der Waals surface area contributed by atoms with Crippen LogP contribution in [0.5, 0.6) is 0 Å². The lowest BCUT2D eigenvalue weighted by atomic mass is 9.77. The van der Waals surface area contributed by atoms with Gasteiger partial charge in [0.25, 0.3) is 0 Å². The summed E-state index contributed by atoms with van der Waals surface area (Å²) in [5.74, 6) is 1.25. The maximum Gasteiger partial charge on any atom is 0.308 e. The quantitative estimate of drug-likeness (QED) is 0.630. The summed E-state index contributed by atoms with van der Waals surface area (Å²) < 4.78 is 5.15. The van der Waals surface area contributed by atoms with E-state index in [2.05, 4.69) is 13.8 Å². The summed E-state index contributed by atoms with van der Waals surface area (Å²) in [4.78, 5) is 11.3. The Bertz CT molecular complexity index is 177. The van der Waals surface area contributed by atoms with Crippen LogP contribution in [-0.4, -0.2) is 12.6 Å². The number of esters is 1. The zero-order valence-corrected chi connectivity index (χ0v) is 8.88. The second kappa shape index (κ2) is 4.64. The van der Waals surface area contributed by atoms with Gasteiger partial charge in [-0.15, -0.1) is 0 Å². The molecule has 0 N–H and O–H groups in total. The molecule has 76 valence electrons. The molecule has 0 aliphatic carbocycles. The number of rotatable bonds is 3. The number of hydrogen-bond donors (Lipinski definition) is 0. The molecule has 1 fully saturated rings. The lowest BCUT2D eigenvalue weighted by molar-refractivity contribution is -0.160.